The normalized spacial score (nSPS) is 11.3. The molecule has 1 aromatic rings. The Morgan fingerprint density at radius 1 is 1.00 bits per heavy atom. The summed E-state index contributed by atoms with van der Waals surface area (Å²) in [7, 11) is 1.68. The zero-order chi connectivity index (χ0) is 15.7. The van der Waals surface area contributed by atoms with Crippen LogP contribution in [0, 0.1) is 0 Å². The fourth-order valence-electron chi connectivity index (χ4n) is 1.39. The molecule has 0 saturated heterocycles. The summed E-state index contributed by atoms with van der Waals surface area (Å²) in [6.07, 6.45) is 1.62. The third-order valence-electron chi connectivity index (χ3n) is 2.85. The average molecular weight is 298 g/mol. The van der Waals surface area contributed by atoms with Gasteiger partial charge >= 0.3 is 12.0 Å². The molecule has 1 rings (SSSR count). The standard InChI is InChI=1S/C14H26N4O3/c1-6-9-20-12-16-11(15-7-2)17-13(18-12)21-10-8-14(3,4)19-5/h6-10H2,1-5H3,(H,15,16,17,18). The zero-order valence-electron chi connectivity index (χ0n) is 13.6. The third kappa shape index (κ3) is 6.57. The van der Waals surface area contributed by atoms with E-state index in [1.165, 1.54) is 0 Å². The van der Waals surface area contributed by atoms with Gasteiger partial charge in [0, 0.05) is 20.1 Å². The van der Waals surface area contributed by atoms with E-state index in [4.69, 9.17) is 14.2 Å². The van der Waals surface area contributed by atoms with Crippen LogP contribution in [0.2, 0.25) is 0 Å². The van der Waals surface area contributed by atoms with E-state index in [1.54, 1.807) is 7.11 Å². The number of anilines is 1. The van der Waals surface area contributed by atoms with E-state index >= 15 is 0 Å². The van der Waals surface area contributed by atoms with E-state index in [2.05, 4.69) is 20.3 Å². The van der Waals surface area contributed by atoms with Crippen LogP contribution in [0.15, 0.2) is 0 Å². The summed E-state index contributed by atoms with van der Waals surface area (Å²) in [5, 5.41) is 3.04. The topological polar surface area (TPSA) is 78.4 Å². The second-order valence-corrected chi connectivity index (χ2v) is 5.17. The molecule has 0 unspecified atom stereocenters. The van der Waals surface area contributed by atoms with E-state index in [0.29, 0.717) is 25.7 Å². The van der Waals surface area contributed by atoms with E-state index in [0.717, 1.165) is 12.8 Å². The van der Waals surface area contributed by atoms with Crippen molar-refractivity contribution in [2.75, 3.05) is 32.2 Å². The van der Waals surface area contributed by atoms with Crippen molar-refractivity contribution in [1.82, 2.24) is 15.0 Å². The zero-order valence-corrected chi connectivity index (χ0v) is 13.6. The van der Waals surface area contributed by atoms with Crippen LogP contribution < -0.4 is 14.8 Å². The number of ether oxygens (including phenoxy) is 3. The molecule has 120 valence electrons. The van der Waals surface area contributed by atoms with Gasteiger partial charge in [0.25, 0.3) is 0 Å². The van der Waals surface area contributed by atoms with E-state index in [1.807, 2.05) is 27.7 Å². The van der Waals surface area contributed by atoms with Gasteiger partial charge in [0.15, 0.2) is 0 Å². The third-order valence-corrected chi connectivity index (χ3v) is 2.85. The lowest BCUT2D eigenvalue weighted by atomic mass is 10.1. The highest BCUT2D eigenvalue weighted by Gasteiger charge is 2.17. The summed E-state index contributed by atoms with van der Waals surface area (Å²) in [6, 6.07) is 0.544. The molecule has 0 aromatic carbocycles. The maximum Gasteiger partial charge on any atom is 0.324 e. The lowest BCUT2D eigenvalue weighted by Gasteiger charge is -2.22. The maximum absolute atomic E-state index is 5.59. The summed E-state index contributed by atoms with van der Waals surface area (Å²) in [5.74, 6) is 0.458. The number of nitrogens with one attached hydrogen (secondary N) is 1. The highest BCUT2D eigenvalue weighted by molar-refractivity contribution is 5.27. The molecule has 0 fully saturated rings. The molecule has 0 aliphatic heterocycles. The molecular weight excluding hydrogens is 272 g/mol. The van der Waals surface area contributed by atoms with Crippen molar-refractivity contribution in [2.45, 2.75) is 46.1 Å². The van der Waals surface area contributed by atoms with Gasteiger partial charge in [-0.05, 0) is 27.2 Å². The van der Waals surface area contributed by atoms with Crippen molar-refractivity contribution in [3.8, 4) is 12.0 Å². The smallest absolute Gasteiger partial charge is 0.324 e. The van der Waals surface area contributed by atoms with E-state index in [-0.39, 0.29) is 17.6 Å². The van der Waals surface area contributed by atoms with Gasteiger partial charge in [-0.25, -0.2) is 0 Å². The molecule has 0 saturated carbocycles. The first-order valence-corrected chi connectivity index (χ1v) is 7.31. The Kier molecular flexibility index (Phi) is 7.14. The number of hydrogen-bond donors (Lipinski definition) is 1. The van der Waals surface area contributed by atoms with Crippen LogP contribution >= 0.6 is 0 Å². The van der Waals surface area contributed by atoms with Crippen LogP contribution in [0.3, 0.4) is 0 Å². The number of aromatic nitrogens is 3. The van der Waals surface area contributed by atoms with Gasteiger partial charge in [-0.1, -0.05) is 6.92 Å². The van der Waals surface area contributed by atoms with Crippen molar-refractivity contribution >= 4 is 5.95 Å². The summed E-state index contributed by atoms with van der Waals surface area (Å²) < 4.78 is 16.4. The van der Waals surface area contributed by atoms with Crippen LogP contribution in [0.4, 0.5) is 5.95 Å². The molecule has 1 aromatic heterocycles. The molecule has 1 N–H and O–H groups in total. The van der Waals surface area contributed by atoms with Crippen LogP contribution in [0.5, 0.6) is 12.0 Å². The molecule has 21 heavy (non-hydrogen) atoms. The van der Waals surface area contributed by atoms with Gasteiger partial charge < -0.3 is 19.5 Å². The second-order valence-electron chi connectivity index (χ2n) is 5.17. The molecule has 0 atom stereocenters. The van der Waals surface area contributed by atoms with E-state index < -0.39 is 0 Å². The first-order chi connectivity index (χ1) is 10.0. The van der Waals surface area contributed by atoms with Crippen LogP contribution in [0.25, 0.3) is 0 Å². The van der Waals surface area contributed by atoms with Crippen molar-refractivity contribution in [3.63, 3.8) is 0 Å². The second kappa shape index (κ2) is 8.61. The number of nitrogens with zero attached hydrogens (tertiary/aromatic N) is 3. The van der Waals surface area contributed by atoms with Crippen molar-refractivity contribution < 1.29 is 14.2 Å². The van der Waals surface area contributed by atoms with Gasteiger partial charge in [0.05, 0.1) is 18.8 Å². The summed E-state index contributed by atoms with van der Waals surface area (Å²) in [4.78, 5) is 12.5. The summed E-state index contributed by atoms with van der Waals surface area (Å²) in [5.41, 5.74) is -0.237. The number of hydrogen-bond acceptors (Lipinski definition) is 7. The van der Waals surface area contributed by atoms with Gasteiger partial charge in [-0.2, -0.15) is 9.97 Å². The van der Waals surface area contributed by atoms with Gasteiger partial charge in [-0.3, -0.25) is 0 Å². The molecule has 7 nitrogen and oxygen atoms in total. The summed E-state index contributed by atoms with van der Waals surface area (Å²) in [6.45, 7) is 9.74. The maximum atomic E-state index is 5.59. The lowest BCUT2D eigenvalue weighted by Crippen LogP contribution is -2.25. The molecule has 7 heteroatoms. The minimum atomic E-state index is -0.237. The Morgan fingerprint density at radius 2 is 1.62 bits per heavy atom. The quantitative estimate of drug-likeness (QED) is 0.710. The first-order valence-electron chi connectivity index (χ1n) is 7.31. The monoisotopic (exact) mass is 298 g/mol. The fraction of sp³-hybridized carbons (Fsp3) is 0.786. The number of methoxy groups -OCH3 is 1. The fourth-order valence-corrected chi connectivity index (χ4v) is 1.39. The minimum absolute atomic E-state index is 0.237. The average Bonchev–Trinajstić information content (AvgIpc) is 2.45. The van der Waals surface area contributed by atoms with Gasteiger partial charge in [0.2, 0.25) is 5.95 Å². The van der Waals surface area contributed by atoms with Crippen LogP contribution in [0.1, 0.15) is 40.5 Å². The lowest BCUT2D eigenvalue weighted by molar-refractivity contribution is 0.00461. The predicted molar refractivity (Wildman–Crippen MR) is 81.0 cm³/mol. The van der Waals surface area contributed by atoms with Gasteiger partial charge in [-0.15, -0.1) is 4.98 Å². The first kappa shape index (κ1) is 17.4. The van der Waals surface area contributed by atoms with E-state index in [9.17, 15) is 0 Å². The van der Waals surface area contributed by atoms with Crippen LogP contribution in [-0.2, 0) is 4.74 Å². The van der Waals surface area contributed by atoms with Crippen LogP contribution in [-0.4, -0.2) is 47.4 Å². The van der Waals surface area contributed by atoms with Gasteiger partial charge in [0.1, 0.15) is 0 Å². The molecule has 0 radical (unpaired) electrons. The highest BCUT2D eigenvalue weighted by Crippen LogP contribution is 2.16. The molecule has 0 bridgehead atoms. The van der Waals surface area contributed by atoms with Crippen molar-refractivity contribution in [3.05, 3.63) is 0 Å². The number of rotatable bonds is 10. The molecule has 1 heterocycles. The van der Waals surface area contributed by atoms with Crippen molar-refractivity contribution in [1.29, 1.82) is 0 Å². The molecule has 0 amide bonds. The Hall–Kier alpha value is -1.63. The molecule has 0 aliphatic rings. The highest BCUT2D eigenvalue weighted by atomic mass is 16.5. The molecule has 0 spiro atoms. The SMILES string of the molecule is CCCOc1nc(NCC)nc(OCCC(C)(C)OC)n1. The summed E-state index contributed by atoms with van der Waals surface area (Å²) >= 11 is 0. The minimum Gasteiger partial charge on any atom is -0.463 e. The Bertz CT molecular complexity index is 427. The Labute approximate surface area is 126 Å². The Balaban J connectivity index is 2.68. The molecular formula is C14H26N4O3. The largest absolute Gasteiger partial charge is 0.463 e. The van der Waals surface area contributed by atoms with Crippen molar-refractivity contribution in [2.24, 2.45) is 0 Å². The predicted octanol–water partition coefficient (Wildman–Crippen LogP) is 2.29. The molecule has 0 aliphatic carbocycles. The Morgan fingerprint density at radius 3 is 2.14 bits per heavy atom.